The van der Waals surface area contributed by atoms with Crippen molar-refractivity contribution in [2.75, 3.05) is 31.2 Å². The summed E-state index contributed by atoms with van der Waals surface area (Å²) in [5.41, 5.74) is 1.70. The van der Waals surface area contributed by atoms with Crippen molar-refractivity contribution in [3.8, 4) is 17.7 Å². The molecule has 35 heavy (non-hydrogen) atoms. The molecule has 1 fully saturated rings. The third-order valence-corrected chi connectivity index (χ3v) is 5.65. The molecule has 11 heteroatoms. The number of ether oxygens (including phenoxy) is 2. The average molecular weight is 475 g/mol. The van der Waals surface area contributed by atoms with Crippen molar-refractivity contribution in [3.63, 3.8) is 0 Å². The lowest BCUT2D eigenvalue weighted by Gasteiger charge is -2.27. The van der Waals surface area contributed by atoms with Crippen molar-refractivity contribution < 1.29 is 18.3 Å². The van der Waals surface area contributed by atoms with Gasteiger partial charge in [0, 0.05) is 24.7 Å². The summed E-state index contributed by atoms with van der Waals surface area (Å²) in [7, 11) is 0. The van der Waals surface area contributed by atoms with Crippen LogP contribution in [0.2, 0.25) is 0 Å². The zero-order chi connectivity index (χ0) is 23.8. The van der Waals surface area contributed by atoms with Crippen molar-refractivity contribution in [2.24, 2.45) is 0 Å². The molecule has 0 bridgehead atoms. The molecule has 0 aliphatic carbocycles. The number of rotatable bonds is 5. The van der Waals surface area contributed by atoms with Gasteiger partial charge in [0.25, 0.3) is 6.43 Å². The SMILES string of the molecule is FC(F)c1nc2ccccc2n1-c1nc(Oc2ccc3ncccc3c2)nc(N2CCOCC2)n1. The number of hydrogen-bond donors (Lipinski definition) is 0. The molecular weight excluding hydrogens is 456 g/mol. The van der Waals surface area contributed by atoms with E-state index in [0.29, 0.717) is 49.0 Å². The van der Waals surface area contributed by atoms with Gasteiger partial charge in [-0.25, -0.2) is 13.8 Å². The van der Waals surface area contributed by atoms with Crippen LogP contribution in [0.25, 0.3) is 27.9 Å². The van der Waals surface area contributed by atoms with Crippen LogP contribution in [-0.4, -0.2) is 55.8 Å². The molecule has 4 heterocycles. The monoisotopic (exact) mass is 475 g/mol. The lowest BCUT2D eigenvalue weighted by Crippen LogP contribution is -2.37. The summed E-state index contributed by atoms with van der Waals surface area (Å²) in [6, 6.07) is 16.0. The molecule has 0 unspecified atom stereocenters. The van der Waals surface area contributed by atoms with Gasteiger partial charge in [0.2, 0.25) is 11.9 Å². The molecule has 5 aromatic rings. The van der Waals surface area contributed by atoms with Crippen LogP contribution >= 0.6 is 0 Å². The minimum absolute atomic E-state index is 0.00273. The van der Waals surface area contributed by atoms with Crippen LogP contribution in [0.4, 0.5) is 14.7 Å². The molecule has 0 amide bonds. The van der Waals surface area contributed by atoms with Crippen LogP contribution in [0.1, 0.15) is 12.2 Å². The quantitative estimate of drug-likeness (QED) is 0.371. The predicted molar refractivity (Wildman–Crippen MR) is 124 cm³/mol. The van der Waals surface area contributed by atoms with Crippen LogP contribution < -0.4 is 9.64 Å². The van der Waals surface area contributed by atoms with Crippen LogP contribution in [0.15, 0.2) is 60.8 Å². The van der Waals surface area contributed by atoms with Gasteiger partial charge in [-0.2, -0.15) is 15.0 Å². The van der Waals surface area contributed by atoms with Crippen molar-refractivity contribution >= 4 is 27.9 Å². The molecule has 6 rings (SSSR count). The van der Waals surface area contributed by atoms with Gasteiger partial charge in [0.15, 0.2) is 5.82 Å². The summed E-state index contributed by atoms with van der Waals surface area (Å²) in [6.45, 7) is 2.12. The van der Waals surface area contributed by atoms with Crippen LogP contribution in [0.3, 0.4) is 0 Å². The Morgan fingerprint density at radius 1 is 0.857 bits per heavy atom. The topological polar surface area (TPSA) is 91.1 Å². The maximum absolute atomic E-state index is 14.0. The normalized spacial score (nSPS) is 14.2. The van der Waals surface area contributed by atoms with Crippen molar-refractivity contribution in [2.45, 2.75) is 6.43 Å². The maximum Gasteiger partial charge on any atom is 0.328 e. The van der Waals surface area contributed by atoms with Crippen LogP contribution in [0, 0.1) is 0 Å². The Bertz CT molecular complexity index is 1520. The number of benzene rings is 2. The highest BCUT2D eigenvalue weighted by Gasteiger charge is 2.24. The number of nitrogens with zero attached hydrogens (tertiary/aromatic N) is 7. The molecule has 0 saturated carbocycles. The van der Waals surface area contributed by atoms with E-state index in [-0.39, 0.29) is 12.0 Å². The third kappa shape index (κ3) is 4.10. The molecule has 9 nitrogen and oxygen atoms in total. The molecule has 176 valence electrons. The standard InChI is InChI=1S/C24H19F2N7O2/c25-20(26)21-28-18-5-1-2-6-19(18)33(21)23-29-22(32-10-12-34-13-11-32)30-24(31-23)35-16-7-8-17-15(14-16)4-3-9-27-17/h1-9,14,20H,10-13H2. The third-order valence-electron chi connectivity index (χ3n) is 5.65. The second-order valence-corrected chi connectivity index (χ2v) is 7.87. The van der Waals surface area contributed by atoms with Crippen molar-refractivity contribution in [3.05, 3.63) is 66.6 Å². The van der Waals surface area contributed by atoms with E-state index in [4.69, 9.17) is 9.47 Å². The first-order chi connectivity index (χ1) is 17.2. The Morgan fingerprint density at radius 2 is 1.69 bits per heavy atom. The molecular formula is C24H19F2N7O2. The van der Waals surface area contributed by atoms with E-state index in [2.05, 4.69) is 24.9 Å². The Morgan fingerprint density at radius 3 is 2.54 bits per heavy atom. The molecule has 0 atom stereocenters. The molecule has 1 aliphatic heterocycles. The molecule has 3 aromatic heterocycles. The van der Waals surface area contributed by atoms with E-state index in [1.165, 1.54) is 4.57 Å². The molecule has 1 saturated heterocycles. The predicted octanol–water partition coefficient (Wildman–Crippen LogP) is 4.33. The van der Waals surface area contributed by atoms with Gasteiger partial charge in [0.1, 0.15) is 5.75 Å². The number of para-hydroxylation sites is 2. The van der Waals surface area contributed by atoms with E-state index in [0.717, 1.165) is 10.9 Å². The second-order valence-electron chi connectivity index (χ2n) is 7.87. The van der Waals surface area contributed by atoms with Crippen LogP contribution in [-0.2, 0) is 4.74 Å². The highest BCUT2D eigenvalue weighted by molar-refractivity contribution is 5.80. The van der Waals surface area contributed by atoms with Gasteiger partial charge in [-0.05, 0) is 36.4 Å². The van der Waals surface area contributed by atoms with E-state index < -0.39 is 12.2 Å². The van der Waals surface area contributed by atoms with Gasteiger partial charge in [-0.15, -0.1) is 0 Å². The average Bonchev–Trinajstić information content (AvgIpc) is 3.29. The Labute approximate surface area is 198 Å². The first kappa shape index (κ1) is 21.3. The minimum atomic E-state index is -2.83. The number of pyridine rings is 1. The van der Waals surface area contributed by atoms with Crippen molar-refractivity contribution in [1.82, 2.24) is 29.5 Å². The fourth-order valence-electron chi connectivity index (χ4n) is 4.01. The number of alkyl halides is 2. The number of morpholine rings is 1. The van der Waals surface area contributed by atoms with Gasteiger partial charge in [-0.1, -0.05) is 18.2 Å². The number of anilines is 1. The number of imidazole rings is 1. The minimum Gasteiger partial charge on any atom is -0.424 e. The summed E-state index contributed by atoms with van der Waals surface area (Å²) in [6.07, 6.45) is -1.12. The molecule has 2 aromatic carbocycles. The van der Waals surface area contributed by atoms with E-state index >= 15 is 0 Å². The summed E-state index contributed by atoms with van der Waals surface area (Å²) < 4.78 is 40.7. The molecule has 0 radical (unpaired) electrons. The van der Waals surface area contributed by atoms with Crippen LogP contribution in [0.5, 0.6) is 11.8 Å². The van der Waals surface area contributed by atoms with Crippen molar-refractivity contribution in [1.29, 1.82) is 0 Å². The fraction of sp³-hybridized carbons (Fsp3) is 0.208. The summed E-state index contributed by atoms with van der Waals surface area (Å²) >= 11 is 0. The Balaban J connectivity index is 1.49. The Kier molecular flexibility index (Phi) is 5.38. The molecule has 0 N–H and O–H groups in total. The highest BCUT2D eigenvalue weighted by atomic mass is 19.3. The lowest BCUT2D eigenvalue weighted by molar-refractivity contribution is 0.122. The smallest absolute Gasteiger partial charge is 0.328 e. The molecule has 1 aliphatic rings. The molecule has 0 spiro atoms. The lowest BCUT2D eigenvalue weighted by atomic mass is 10.2. The maximum atomic E-state index is 14.0. The van der Waals surface area contributed by atoms with E-state index in [1.54, 1.807) is 36.5 Å². The highest BCUT2D eigenvalue weighted by Crippen LogP contribution is 2.29. The summed E-state index contributed by atoms with van der Waals surface area (Å²) in [4.78, 5) is 23.8. The summed E-state index contributed by atoms with van der Waals surface area (Å²) in [5.74, 6) is 0.352. The number of halogens is 2. The Hall–Kier alpha value is -4.25. The van der Waals surface area contributed by atoms with Gasteiger partial charge < -0.3 is 14.4 Å². The van der Waals surface area contributed by atoms with Gasteiger partial charge in [-0.3, -0.25) is 9.55 Å². The zero-order valence-corrected chi connectivity index (χ0v) is 18.4. The number of fused-ring (bicyclic) bond motifs is 2. The largest absolute Gasteiger partial charge is 0.424 e. The second kappa shape index (κ2) is 8.84. The number of hydrogen-bond acceptors (Lipinski definition) is 8. The van der Waals surface area contributed by atoms with Gasteiger partial charge >= 0.3 is 6.01 Å². The van der Waals surface area contributed by atoms with Gasteiger partial charge in [0.05, 0.1) is 29.8 Å². The fourth-order valence-corrected chi connectivity index (χ4v) is 4.01. The van der Waals surface area contributed by atoms with E-state index in [9.17, 15) is 8.78 Å². The zero-order valence-electron chi connectivity index (χ0n) is 18.4. The summed E-state index contributed by atoms with van der Waals surface area (Å²) in [5, 5.41) is 0.883. The van der Waals surface area contributed by atoms with E-state index in [1.807, 2.05) is 29.2 Å². The first-order valence-electron chi connectivity index (χ1n) is 11.0. The number of aromatic nitrogens is 6. The first-order valence-corrected chi connectivity index (χ1v) is 11.0.